The van der Waals surface area contributed by atoms with Crippen molar-refractivity contribution in [3.63, 3.8) is 0 Å². The van der Waals surface area contributed by atoms with E-state index in [2.05, 4.69) is 38.2 Å². The molecule has 1 unspecified atom stereocenters. The molecule has 28 heavy (non-hydrogen) atoms. The van der Waals surface area contributed by atoms with Crippen LogP contribution in [0.3, 0.4) is 0 Å². The number of thioether (sulfide) groups is 1. The predicted molar refractivity (Wildman–Crippen MR) is 106 cm³/mol. The van der Waals surface area contributed by atoms with Gasteiger partial charge in [0.15, 0.2) is 11.0 Å². The molecule has 0 amide bonds. The van der Waals surface area contributed by atoms with Gasteiger partial charge in [0.2, 0.25) is 0 Å². The van der Waals surface area contributed by atoms with Crippen molar-refractivity contribution < 1.29 is 9.66 Å². The predicted octanol–water partition coefficient (Wildman–Crippen LogP) is 3.60. The van der Waals surface area contributed by atoms with Crippen LogP contribution < -0.4 is 0 Å². The first-order chi connectivity index (χ1) is 13.6. The van der Waals surface area contributed by atoms with E-state index in [9.17, 15) is 10.1 Å². The molecule has 0 bridgehead atoms. The normalized spacial score (nSPS) is 16.7. The number of hydrogen-bond acceptors (Lipinski definition) is 8. The van der Waals surface area contributed by atoms with Crippen molar-refractivity contribution in [1.82, 2.24) is 24.5 Å². The highest BCUT2D eigenvalue weighted by molar-refractivity contribution is 7.98. The summed E-state index contributed by atoms with van der Waals surface area (Å²) in [5.74, 6) is 1.25. The lowest BCUT2D eigenvalue weighted by molar-refractivity contribution is -0.385. The molecule has 1 fully saturated rings. The maximum Gasteiger partial charge on any atom is 0.307 e. The highest BCUT2D eigenvalue weighted by Crippen LogP contribution is 2.30. The maximum absolute atomic E-state index is 10.8. The minimum Gasteiger partial charge on any atom is -0.376 e. The standard InChI is InChI=1S/C17H20N6O3S2/c1-2-15-6-12(10-27-15)16-19-20-17(22(16)9-14-4-3-5-26-14)28-11-21-8-13(7-18-21)23(24)25/h6-8,10,14H,2-5,9,11H2,1H3. The second-order valence-electron chi connectivity index (χ2n) is 6.48. The van der Waals surface area contributed by atoms with Crippen molar-refractivity contribution >= 4 is 28.8 Å². The van der Waals surface area contributed by atoms with Crippen LogP contribution in [0.25, 0.3) is 11.4 Å². The minimum atomic E-state index is -0.450. The Bertz CT molecular complexity index is 960. The second kappa shape index (κ2) is 8.41. The second-order valence-corrected chi connectivity index (χ2v) is 8.38. The van der Waals surface area contributed by atoms with Crippen molar-refractivity contribution in [1.29, 1.82) is 0 Å². The molecule has 0 spiro atoms. The molecule has 3 aromatic rings. The Morgan fingerprint density at radius 1 is 1.46 bits per heavy atom. The number of ether oxygens (including phenoxy) is 1. The third-order valence-electron chi connectivity index (χ3n) is 4.54. The first-order valence-corrected chi connectivity index (χ1v) is 10.9. The highest BCUT2D eigenvalue weighted by Gasteiger charge is 2.22. The fourth-order valence-corrected chi connectivity index (χ4v) is 4.71. The van der Waals surface area contributed by atoms with Gasteiger partial charge in [0.25, 0.3) is 0 Å². The zero-order valence-corrected chi connectivity index (χ0v) is 17.0. The third kappa shape index (κ3) is 4.10. The topological polar surface area (TPSA) is 101 Å². The molecular weight excluding hydrogens is 400 g/mol. The van der Waals surface area contributed by atoms with Crippen molar-refractivity contribution in [3.05, 3.63) is 38.8 Å². The molecule has 1 atom stereocenters. The molecule has 1 aliphatic heterocycles. The number of nitro groups is 1. The van der Waals surface area contributed by atoms with Crippen LogP contribution in [-0.4, -0.2) is 42.2 Å². The maximum atomic E-state index is 10.8. The number of rotatable bonds is 8. The molecule has 0 aromatic carbocycles. The average molecular weight is 421 g/mol. The summed E-state index contributed by atoms with van der Waals surface area (Å²) in [6, 6.07) is 2.16. The molecule has 148 valence electrons. The fraction of sp³-hybridized carbons (Fsp3) is 0.471. The van der Waals surface area contributed by atoms with Crippen LogP contribution in [0.4, 0.5) is 5.69 Å². The lowest BCUT2D eigenvalue weighted by Crippen LogP contribution is -2.16. The van der Waals surface area contributed by atoms with Crippen LogP contribution in [0.1, 0.15) is 24.6 Å². The SMILES string of the molecule is CCc1cc(-c2nnc(SCn3cc([N+](=O)[O-])cn3)n2CC2CCCO2)cs1. The Morgan fingerprint density at radius 2 is 2.36 bits per heavy atom. The van der Waals surface area contributed by atoms with Gasteiger partial charge in [0.1, 0.15) is 12.4 Å². The van der Waals surface area contributed by atoms with E-state index in [1.807, 2.05) is 0 Å². The van der Waals surface area contributed by atoms with Crippen LogP contribution >= 0.6 is 23.1 Å². The molecule has 3 aromatic heterocycles. The summed E-state index contributed by atoms with van der Waals surface area (Å²) in [5.41, 5.74) is 1.04. The lowest BCUT2D eigenvalue weighted by Gasteiger charge is -2.14. The Balaban J connectivity index is 1.57. The molecular formula is C17H20N6O3S2. The summed E-state index contributed by atoms with van der Waals surface area (Å²) < 4.78 is 9.45. The molecule has 0 aliphatic carbocycles. The molecule has 1 aliphatic rings. The van der Waals surface area contributed by atoms with Gasteiger partial charge in [0.05, 0.1) is 23.4 Å². The van der Waals surface area contributed by atoms with E-state index in [1.54, 1.807) is 11.3 Å². The van der Waals surface area contributed by atoms with Gasteiger partial charge in [-0.25, -0.2) is 0 Å². The van der Waals surface area contributed by atoms with Crippen molar-refractivity contribution in [2.45, 2.75) is 49.9 Å². The first-order valence-electron chi connectivity index (χ1n) is 9.06. The van der Waals surface area contributed by atoms with Crippen LogP contribution in [0.15, 0.2) is 29.0 Å². The molecule has 9 nitrogen and oxygen atoms in total. The third-order valence-corrected chi connectivity index (χ3v) is 6.58. The van der Waals surface area contributed by atoms with Crippen molar-refractivity contribution in [3.8, 4) is 11.4 Å². The minimum absolute atomic E-state index is 0.0209. The van der Waals surface area contributed by atoms with Gasteiger partial charge in [-0.3, -0.25) is 19.4 Å². The smallest absolute Gasteiger partial charge is 0.307 e. The van der Waals surface area contributed by atoms with E-state index in [4.69, 9.17) is 4.74 Å². The number of nitrogens with zero attached hydrogens (tertiary/aromatic N) is 6. The number of thiophene rings is 1. The van der Waals surface area contributed by atoms with E-state index >= 15 is 0 Å². The van der Waals surface area contributed by atoms with Gasteiger partial charge < -0.3 is 4.74 Å². The lowest BCUT2D eigenvalue weighted by atomic mass is 10.2. The van der Waals surface area contributed by atoms with E-state index in [0.29, 0.717) is 12.4 Å². The Morgan fingerprint density at radius 3 is 3.04 bits per heavy atom. The largest absolute Gasteiger partial charge is 0.376 e. The van der Waals surface area contributed by atoms with Gasteiger partial charge in [0, 0.05) is 22.4 Å². The van der Waals surface area contributed by atoms with Crippen molar-refractivity contribution in [2.75, 3.05) is 6.61 Å². The van der Waals surface area contributed by atoms with E-state index in [-0.39, 0.29) is 11.8 Å². The molecule has 4 heterocycles. The Hall–Kier alpha value is -2.24. The van der Waals surface area contributed by atoms with Crippen LogP contribution in [0.2, 0.25) is 0 Å². The number of hydrogen-bond donors (Lipinski definition) is 0. The molecule has 1 saturated heterocycles. The number of aryl methyl sites for hydroxylation is 1. The molecule has 0 N–H and O–H groups in total. The highest BCUT2D eigenvalue weighted by atomic mass is 32.2. The monoisotopic (exact) mass is 420 g/mol. The summed E-state index contributed by atoms with van der Waals surface area (Å²) >= 11 is 3.18. The van der Waals surface area contributed by atoms with Gasteiger partial charge in [-0.15, -0.1) is 21.5 Å². The summed E-state index contributed by atoms with van der Waals surface area (Å²) in [7, 11) is 0. The molecule has 11 heteroatoms. The van der Waals surface area contributed by atoms with Gasteiger partial charge in [-0.2, -0.15) is 5.10 Å². The zero-order valence-electron chi connectivity index (χ0n) is 15.4. The van der Waals surface area contributed by atoms with E-state index in [1.165, 1.54) is 33.7 Å². The molecule has 0 radical (unpaired) electrons. The fourth-order valence-electron chi connectivity index (χ4n) is 3.09. The van der Waals surface area contributed by atoms with Gasteiger partial charge >= 0.3 is 5.69 Å². The Labute approximate surface area is 169 Å². The van der Waals surface area contributed by atoms with E-state index < -0.39 is 4.92 Å². The van der Waals surface area contributed by atoms with Crippen LogP contribution in [0.5, 0.6) is 0 Å². The van der Waals surface area contributed by atoms with Gasteiger partial charge in [-0.05, 0) is 25.3 Å². The average Bonchev–Trinajstić information content (AvgIpc) is 3.47. The van der Waals surface area contributed by atoms with Crippen LogP contribution in [0, 0.1) is 10.1 Å². The zero-order chi connectivity index (χ0) is 19.5. The summed E-state index contributed by atoms with van der Waals surface area (Å²) in [4.78, 5) is 11.7. The molecule has 4 rings (SSSR count). The van der Waals surface area contributed by atoms with Crippen molar-refractivity contribution in [2.24, 2.45) is 0 Å². The van der Waals surface area contributed by atoms with Gasteiger partial charge in [-0.1, -0.05) is 18.7 Å². The summed E-state index contributed by atoms with van der Waals surface area (Å²) in [5, 5.41) is 26.5. The Kier molecular flexibility index (Phi) is 5.74. The first kappa shape index (κ1) is 19.1. The summed E-state index contributed by atoms with van der Waals surface area (Å²) in [6.07, 6.45) is 5.91. The van der Waals surface area contributed by atoms with E-state index in [0.717, 1.165) is 42.4 Å². The summed E-state index contributed by atoms with van der Waals surface area (Å²) in [6.45, 7) is 3.62. The number of aromatic nitrogens is 5. The van der Waals surface area contributed by atoms with Crippen LogP contribution in [-0.2, 0) is 23.6 Å². The quantitative estimate of drug-likeness (QED) is 0.312. The molecule has 0 saturated carbocycles.